The van der Waals surface area contributed by atoms with Gasteiger partial charge in [0.1, 0.15) is 0 Å². The molecule has 28 heavy (non-hydrogen) atoms. The summed E-state index contributed by atoms with van der Waals surface area (Å²) >= 11 is 0. The highest BCUT2D eigenvalue weighted by Gasteiger charge is 2.31. The van der Waals surface area contributed by atoms with Gasteiger partial charge in [0.05, 0.1) is 22.0 Å². The molecule has 2 atom stereocenters. The van der Waals surface area contributed by atoms with Gasteiger partial charge < -0.3 is 0 Å². The fourth-order valence-electron chi connectivity index (χ4n) is 3.16. The maximum atomic E-state index is 12.5. The molecule has 0 saturated heterocycles. The largest absolute Gasteiger partial charge is 0.297 e. The van der Waals surface area contributed by atoms with Crippen LogP contribution in [0.15, 0.2) is 58.3 Å². The van der Waals surface area contributed by atoms with E-state index < -0.39 is 32.4 Å². The molecule has 2 aromatic rings. The average molecular weight is 425 g/mol. The first-order chi connectivity index (χ1) is 13.2. The van der Waals surface area contributed by atoms with E-state index in [2.05, 4.69) is 0 Å². The lowest BCUT2D eigenvalue weighted by Crippen LogP contribution is -2.31. The van der Waals surface area contributed by atoms with Crippen molar-refractivity contribution < 1.29 is 25.2 Å². The molecule has 0 amide bonds. The Balaban J connectivity index is 1.67. The van der Waals surface area contributed by atoms with Crippen LogP contribution in [0.1, 0.15) is 36.8 Å². The second-order valence-corrected chi connectivity index (χ2v) is 10.3. The Morgan fingerprint density at radius 1 is 0.679 bits per heavy atom. The molecule has 1 aliphatic carbocycles. The molecular weight excluding hydrogens is 400 g/mol. The lowest BCUT2D eigenvalue weighted by molar-refractivity contribution is 0.0759. The first kappa shape index (κ1) is 21.0. The lowest BCUT2D eigenvalue weighted by Gasteiger charge is -2.28. The fourth-order valence-corrected chi connectivity index (χ4v) is 5.38. The quantitative estimate of drug-likeness (QED) is 0.657. The summed E-state index contributed by atoms with van der Waals surface area (Å²) in [5.74, 6) is 0. The minimum absolute atomic E-state index is 0.0911. The average Bonchev–Trinajstić information content (AvgIpc) is 2.62. The summed E-state index contributed by atoms with van der Waals surface area (Å²) in [7, 11) is -7.81. The molecule has 2 unspecified atom stereocenters. The van der Waals surface area contributed by atoms with Crippen molar-refractivity contribution in [3.05, 3.63) is 59.7 Å². The van der Waals surface area contributed by atoms with E-state index in [0.29, 0.717) is 19.3 Å². The van der Waals surface area contributed by atoms with Crippen LogP contribution < -0.4 is 0 Å². The van der Waals surface area contributed by atoms with Gasteiger partial charge in [0.2, 0.25) is 0 Å². The molecule has 0 aliphatic heterocycles. The first-order valence-corrected chi connectivity index (χ1v) is 12.0. The van der Waals surface area contributed by atoms with Gasteiger partial charge in [-0.2, -0.15) is 16.8 Å². The summed E-state index contributed by atoms with van der Waals surface area (Å²) < 4.78 is 60.6. The third kappa shape index (κ3) is 5.20. The van der Waals surface area contributed by atoms with Crippen molar-refractivity contribution in [1.29, 1.82) is 0 Å². The predicted octanol–water partition coefficient (Wildman–Crippen LogP) is 3.73. The summed E-state index contributed by atoms with van der Waals surface area (Å²) in [5, 5.41) is 0. The molecule has 3 rings (SSSR count). The number of rotatable bonds is 6. The molecule has 0 N–H and O–H groups in total. The number of hydrogen-bond acceptors (Lipinski definition) is 6. The van der Waals surface area contributed by atoms with Crippen LogP contribution in [-0.2, 0) is 28.6 Å². The van der Waals surface area contributed by atoms with Gasteiger partial charge in [-0.3, -0.25) is 8.37 Å². The summed E-state index contributed by atoms with van der Waals surface area (Å²) in [6, 6.07) is 12.8. The number of benzene rings is 2. The van der Waals surface area contributed by atoms with Gasteiger partial charge in [0.25, 0.3) is 20.2 Å². The SMILES string of the molecule is Cc1ccc(S(=O)(=O)OC2CCCC(OS(=O)(=O)c3ccc(C)cc3)C2)cc1. The van der Waals surface area contributed by atoms with Crippen molar-refractivity contribution in [3.8, 4) is 0 Å². The van der Waals surface area contributed by atoms with Gasteiger partial charge in [-0.25, -0.2) is 0 Å². The number of aryl methyl sites for hydroxylation is 2. The van der Waals surface area contributed by atoms with E-state index in [1.165, 1.54) is 24.3 Å². The molecule has 0 bridgehead atoms. The molecule has 0 heterocycles. The van der Waals surface area contributed by atoms with E-state index in [4.69, 9.17) is 8.37 Å². The third-order valence-corrected chi connectivity index (χ3v) is 7.47. The van der Waals surface area contributed by atoms with Crippen LogP contribution in [0.5, 0.6) is 0 Å². The first-order valence-electron chi connectivity index (χ1n) is 9.16. The van der Waals surface area contributed by atoms with E-state index in [-0.39, 0.29) is 16.2 Å². The van der Waals surface area contributed by atoms with E-state index in [1.54, 1.807) is 24.3 Å². The third-order valence-electron chi connectivity index (χ3n) is 4.72. The van der Waals surface area contributed by atoms with Gasteiger partial charge in [-0.05, 0) is 57.4 Å². The molecule has 1 aliphatic rings. The van der Waals surface area contributed by atoms with E-state index in [0.717, 1.165) is 11.1 Å². The Hall–Kier alpha value is -1.74. The maximum absolute atomic E-state index is 12.5. The highest BCUT2D eigenvalue weighted by molar-refractivity contribution is 7.87. The van der Waals surface area contributed by atoms with Crippen LogP contribution in [0.4, 0.5) is 0 Å². The van der Waals surface area contributed by atoms with Crippen LogP contribution >= 0.6 is 0 Å². The zero-order valence-electron chi connectivity index (χ0n) is 15.9. The minimum atomic E-state index is -3.91. The Labute approximate surface area is 166 Å². The molecule has 2 aromatic carbocycles. The lowest BCUT2D eigenvalue weighted by atomic mass is 9.95. The second-order valence-electron chi connectivity index (χ2n) is 7.14. The summed E-state index contributed by atoms with van der Waals surface area (Å²) in [4.78, 5) is 0.182. The molecule has 152 valence electrons. The zero-order chi connectivity index (χ0) is 20.4. The Kier molecular flexibility index (Phi) is 6.24. The smallest absolute Gasteiger partial charge is 0.263 e. The highest BCUT2D eigenvalue weighted by atomic mass is 32.2. The topological polar surface area (TPSA) is 86.7 Å². The van der Waals surface area contributed by atoms with Crippen molar-refractivity contribution in [3.63, 3.8) is 0 Å². The normalized spacial score (nSPS) is 20.8. The van der Waals surface area contributed by atoms with Crippen LogP contribution in [0.25, 0.3) is 0 Å². The van der Waals surface area contributed by atoms with Gasteiger partial charge in [-0.15, -0.1) is 0 Å². The zero-order valence-corrected chi connectivity index (χ0v) is 17.5. The van der Waals surface area contributed by atoms with E-state index in [9.17, 15) is 16.8 Å². The van der Waals surface area contributed by atoms with Gasteiger partial charge in [0.15, 0.2) is 0 Å². The monoisotopic (exact) mass is 424 g/mol. The predicted molar refractivity (Wildman–Crippen MR) is 105 cm³/mol. The summed E-state index contributed by atoms with van der Waals surface area (Å²) in [5.41, 5.74) is 1.90. The Morgan fingerprint density at radius 3 is 1.39 bits per heavy atom. The van der Waals surface area contributed by atoms with Crippen LogP contribution in [0, 0.1) is 13.8 Å². The van der Waals surface area contributed by atoms with Crippen LogP contribution in [0.3, 0.4) is 0 Å². The standard InChI is InChI=1S/C20H24O6S2/c1-15-6-10-19(11-7-15)27(21,22)25-17-4-3-5-18(14-17)26-28(23,24)20-12-8-16(2)9-13-20/h6-13,17-18H,3-5,14H2,1-2H3. The molecule has 0 radical (unpaired) electrons. The van der Waals surface area contributed by atoms with Crippen molar-refractivity contribution in [2.45, 2.75) is 61.5 Å². The molecule has 0 aromatic heterocycles. The van der Waals surface area contributed by atoms with Gasteiger partial charge in [-0.1, -0.05) is 35.4 Å². The van der Waals surface area contributed by atoms with Crippen molar-refractivity contribution in [1.82, 2.24) is 0 Å². The maximum Gasteiger partial charge on any atom is 0.297 e. The van der Waals surface area contributed by atoms with Crippen molar-refractivity contribution in [2.75, 3.05) is 0 Å². The second kappa shape index (κ2) is 8.32. The Bertz CT molecular complexity index is 926. The molecular formula is C20H24O6S2. The highest BCUT2D eigenvalue weighted by Crippen LogP contribution is 2.29. The fraction of sp³-hybridized carbons (Fsp3) is 0.400. The van der Waals surface area contributed by atoms with Crippen LogP contribution in [0.2, 0.25) is 0 Å². The molecule has 8 heteroatoms. The van der Waals surface area contributed by atoms with Gasteiger partial charge >= 0.3 is 0 Å². The van der Waals surface area contributed by atoms with Crippen molar-refractivity contribution in [2.24, 2.45) is 0 Å². The van der Waals surface area contributed by atoms with Crippen LogP contribution in [-0.4, -0.2) is 29.0 Å². The van der Waals surface area contributed by atoms with E-state index in [1.807, 2.05) is 13.8 Å². The van der Waals surface area contributed by atoms with Gasteiger partial charge in [0, 0.05) is 6.42 Å². The summed E-state index contributed by atoms with van der Waals surface area (Å²) in [6.45, 7) is 3.74. The van der Waals surface area contributed by atoms with Crippen molar-refractivity contribution >= 4 is 20.2 Å². The van der Waals surface area contributed by atoms with E-state index >= 15 is 0 Å². The molecule has 6 nitrogen and oxygen atoms in total. The Morgan fingerprint density at radius 2 is 1.04 bits per heavy atom. The molecule has 1 saturated carbocycles. The number of hydrogen-bond donors (Lipinski definition) is 0. The summed E-state index contributed by atoms with van der Waals surface area (Å²) in [6.07, 6.45) is 0.681. The minimum Gasteiger partial charge on any atom is -0.263 e. The molecule has 0 spiro atoms. The molecule has 1 fully saturated rings.